The van der Waals surface area contributed by atoms with Gasteiger partial charge in [-0.1, -0.05) is 18.2 Å². The molecule has 0 saturated heterocycles. The van der Waals surface area contributed by atoms with E-state index in [1.807, 2.05) is 31.2 Å². The average molecular weight is 196 g/mol. The van der Waals surface area contributed by atoms with Crippen molar-refractivity contribution in [1.82, 2.24) is 0 Å². The molecule has 0 bridgehead atoms. The van der Waals surface area contributed by atoms with Crippen LogP contribution in [0.1, 0.15) is 7.73 Å². The molecule has 2 nitrogen and oxygen atoms in total. The molecule has 2 N–H and O–H groups in total. The summed E-state index contributed by atoms with van der Waals surface area (Å²) in [6.07, 6.45) is 0. The van der Waals surface area contributed by atoms with E-state index in [9.17, 15) is 0 Å². The van der Waals surface area contributed by atoms with E-state index >= 15 is 0 Å². The Morgan fingerprint density at radius 2 is 2.00 bits per heavy atom. The van der Waals surface area contributed by atoms with E-state index in [0.29, 0.717) is 5.46 Å². The second-order valence-corrected chi connectivity index (χ2v) is 4.20. The Labute approximate surface area is 83.6 Å². The Morgan fingerprint density at radius 1 is 1.31 bits per heavy atom. The van der Waals surface area contributed by atoms with Crippen molar-refractivity contribution in [1.29, 1.82) is 0 Å². The number of hydrogen-bond donors (Lipinski definition) is 2. The fourth-order valence-electron chi connectivity index (χ4n) is 1.51. The fraction of sp³-hybridized carbons (Fsp3) is 0.111. The van der Waals surface area contributed by atoms with Crippen molar-refractivity contribution in [3.8, 4) is 0 Å². The molecule has 0 radical (unpaired) electrons. The lowest BCUT2D eigenvalue weighted by atomic mass is 9.78. The number of aryl methyl sites for hydroxylation is 1. The van der Waals surface area contributed by atoms with Gasteiger partial charge in [0.25, 0.3) is 0 Å². The molecule has 0 saturated carbocycles. The van der Waals surface area contributed by atoms with Gasteiger partial charge in [0.2, 0.25) is 0 Å². The van der Waals surface area contributed by atoms with Gasteiger partial charge in [0.15, 0.2) is 0 Å². The lowest BCUT2D eigenvalue weighted by Crippen LogP contribution is -2.30. The first-order valence-electron chi connectivity index (χ1n) is 4.04. The van der Waals surface area contributed by atoms with Crippen molar-refractivity contribution in [3.63, 3.8) is 0 Å². The molecule has 0 aliphatic rings. The Bertz CT molecular complexity index is 445. The predicted molar refractivity (Wildman–Crippen MR) is 60.6 cm³/mol. The van der Waals surface area contributed by atoms with Gasteiger partial charge in [-0.25, -0.2) is 0 Å². The molecule has 70 valence electrons. The highest BCUT2D eigenvalue weighted by molar-refractivity contribution is 7.20. The van der Waals surface area contributed by atoms with E-state index in [4.69, 9.17) is 10.0 Å². The summed E-state index contributed by atoms with van der Waals surface area (Å²) in [5.74, 6) is 0. The van der Waals surface area contributed by atoms with Crippen LogP contribution in [-0.2, 0) is 0 Å². The zero-order valence-corrected chi connectivity index (χ0v) is 8.01. The van der Waals surface area contributed by atoms with Crippen molar-refractivity contribution in [2.75, 3.05) is 0 Å². The molecule has 13 heavy (non-hydrogen) atoms. The molecule has 0 aliphatic carbocycles. The monoisotopic (exact) mass is 196 g/mol. The van der Waals surface area contributed by atoms with Crippen molar-refractivity contribution >= 4 is 34.0 Å². The van der Waals surface area contributed by atoms with Gasteiger partial charge in [-0.15, -0.1) is 11.3 Å². The number of thiophene rings is 1. The van der Waals surface area contributed by atoms with Crippen molar-refractivity contribution in [2.45, 2.75) is 6.92 Å². The van der Waals surface area contributed by atoms with Gasteiger partial charge < -0.3 is 10.0 Å². The van der Waals surface area contributed by atoms with Crippen LogP contribution in [0.2, 0.25) is 0 Å². The third kappa shape index (κ3) is 1.37. The molecule has 0 atom stereocenters. The zero-order valence-electron chi connectivity index (χ0n) is 7.19. The van der Waals surface area contributed by atoms with Crippen molar-refractivity contribution in [3.05, 3.63) is 29.1 Å². The largest absolute Gasteiger partial charge is 0.490 e. The van der Waals surface area contributed by atoms with E-state index in [0.717, 1.165) is 15.0 Å². The first-order valence-corrected chi connectivity index (χ1v) is 4.86. The standard InChI is InChI=1S/C9H9BO2S.2H2/c1-6-9(10(11)12)7-4-2-3-5-8(7)13-6;;/h2-5,11-12H,1H3;2*1H. The van der Waals surface area contributed by atoms with E-state index in [1.54, 1.807) is 11.3 Å². The maximum absolute atomic E-state index is 9.15. The second kappa shape index (κ2) is 3.14. The second-order valence-electron chi connectivity index (χ2n) is 2.94. The number of fused-ring (bicyclic) bond motifs is 1. The summed E-state index contributed by atoms with van der Waals surface area (Å²) in [5.41, 5.74) is 0.639. The van der Waals surface area contributed by atoms with Crippen LogP contribution in [0.3, 0.4) is 0 Å². The third-order valence-corrected chi connectivity index (χ3v) is 3.18. The normalized spacial score (nSPS) is 10.7. The predicted octanol–water partition coefficient (Wildman–Crippen LogP) is 1.38. The van der Waals surface area contributed by atoms with Crippen LogP contribution in [-0.4, -0.2) is 17.2 Å². The molecule has 1 aromatic heterocycles. The molecular formula is C9H13BO2S. The molecule has 2 rings (SSSR count). The van der Waals surface area contributed by atoms with Crippen LogP contribution in [0.5, 0.6) is 0 Å². The summed E-state index contributed by atoms with van der Waals surface area (Å²) >= 11 is 1.59. The number of benzene rings is 1. The van der Waals surface area contributed by atoms with Gasteiger partial charge in [-0.05, 0) is 18.4 Å². The highest BCUT2D eigenvalue weighted by Gasteiger charge is 2.19. The Balaban J connectivity index is 0.000000980. The molecule has 0 unspecified atom stereocenters. The van der Waals surface area contributed by atoms with E-state index in [2.05, 4.69) is 0 Å². The van der Waals surface area contributed by atoms with Gasteiger partial charge in [0.1, 0.15) is 0 Å². The van der Waals surface area contributed by atoms with Gasteiger partial charge in [-0.2, -0.15) is 0 Å². The molecule has 0 fully saturated rings. The quantitative estimate of drug-likeness (QED) is 0.676. The third-order valence-electron chi connectivity index (χ3n) is 2.08. The average Bonchev–Trinajstić information content (AvgIpc) is 2.39. The minimum Gasteiger partial charge on any atom is -0.423 e. The summed E-state index contributed by atoms with van der Waals surface area (Å²) in [4.78, 5) is 0.969. The van der Waals surface area contributed by atoms with Crippen LogP contribution in [0.15, 0.2) is 24.3 Å². The molecule has 0 amide bonds. The van der Waals surface area contributed by atoms with Crippen molar-refractivity contribution < 1.29 is 12.9 Å². The van der Waals surface area contributed by atoms with Crippen molar-refractivity contribution in [2.24, 2.45) is 0 Å². The summed E-state index contributed by atoms with van der Waals surface area (Å²) in [5, 5.41) is 19.3. The van der Waals surface area contributed by atoms with E-state index in [-0.39, 0.29) is 2.85 Å². The van der Waals surface area contributed by atoms with Crippen LogP contribution < -0.4 is 5.46 Å². The van der Waals surface area contributed by atoms with Crippen LogP contribution in [0.25, 0.3) is 10.1 Å². The molecular weight excluding hydrogens is 183 g/mol. The zero-order chi connectivity index (χ0) is 9.42. The van der Waals surface area contributed by atoms with E-state index < -0.39 is 7.12 Å². The Kier molecular flexibility index (Phi) is 2.11. The summed E-state index contributed by atoms with van der Waals surface area (Å²) in [6, 6.07) is 7.75. The molecule has 0 aliphatic heterocycles. The molecule has 2 aromatic rings. The molecule has 4 heteroatoms. The maximum Gasteiger partial charge on any atom is 0.490 e. The first-order chi connectivity index (χ1) is 6.20. The van der Waals surface area contributed by atoms with Gasteiger partial charge in [0.05, 0.1) is 0 Å². The van der Waals surface area contributed by atoms with Gasteiger partial charge >= 0.3 is 7.12 Å². The Hall–Kier alpha value is -0.835. The first kappa shape index (κ1) is 8.75. The fourth-order valence-corrected chi connectivity index (χ4v) is 2.60. The van der Waals surface area contributed by atoms with Crippen LogP contribution >= 0.6 is 11.3 Å². The van der Waals surface area contributed by atoms with Gasteiger partial charge in [0, 0.05) is 17.9 Å². The summed E-state index contributed by atoms with van der Waals surface area (Å²) in [6.45, 7) is 1.90. The molecule has 0 spiro atoms. The highest BCUT2D eigenvalue weighted by atomic mass is 32.1. The smallest absolute Gasteiger partial charge is 0.423 e. The SMILES string of the molecule is Cc1sc2ccccc2c1B(O)O.[HH].[HH]. The Morgan fingerprint density at radius 3 is 2.69 bits per heavy atom. The lowest BCUT2D eigenvalue weighted by molar-refractivity contribution is 0.426. The minimum absolute atomic E-state index is 0. The molecule has 1 aromatic carbocycles. The highest BCUT2D eigenvalue weighted by Crippen LogP contribution is 2.22. The maximum atomic E-state index is 9.15. The lowest BCUT2D eigenvalue weighted by Gasteiger charge is -1.97. The van der Waals surface area contributed by atoms with Crippen LogP contribution in [0, 0.1) is 6.92 Å². The molecule has 1 heterocycles. The summed E-state index contributed by atoms with van der Waals surface area (Å²) < 4.78 is 1.10. The number of rotatable bonds is 1. The topological polar surface area (TPSA) is 40.5 Å². The van der Waals surface area contributed by atoms with Gasteiger partial charge in [-0.3, -0.25) is 0 Å². The van der Waals surface area contributed by atoms with E-state index in [1.165, 1.54) is 0 Å². The van der Waals surface area contributed by atoms with Crippen LogP contribution in [0.4, 0.5) is 0 Å². The summed E-state index contributed by atoms with van der Waals surface area (Å²) in [7, 11) is -1.36. The number of hydrogen-bond acceptors (Lipinski definition) is 3. The minimum atomic E-state index is -1.36.